The molecular weight excluding hydrogens is 300 g/mol. The van der Waals surface area contributed by atoms with Crippen LogP contribution in [0, 0.1) is 0 Å². The van der Waals surface area contributed by atoms with Gasteiger partial charge >= 0.3 is 6.03 Å². The van der Waals surface area contributed by atoms with Crippen LogP contribution in [0.4, 0.5) is 15.6 Å². The molecule has 1 aromatic carbocycles. The molecule has 0 radical (unpaired) electrons. The van der Waals surface area contributed by atoms with E-state index in [9.17, 15) is 4.79 Å². The molecule has 0 atom stereocenters. The molecule has 22 heavy (non-hydrogen) atoms. The molecule has 1 aromatic heterocycles. The Bertz CT molecular complexity index is 598. The number of nitrogens with one attached hydrogen (secondary N) is 2. The maximum atomic E-state index is 11.9. The van der Waals surface area contributed by atoms with Gasteiger partial charge in [-0.1, -0.05) is 31.1 Å². The Balaban J connectivity index is 1.83. The molecule has 2 amide bonds. The van der Waals surface area contributed by atoms with Crippen LogP contribution in [0.25, 0.3) is 0 Å². The van der Waals surface area contributed by atoms with Crippen molar-refractivity contribution in [3.05, 3.63) is 29.3 Å². The van der Waals surface area contributed by atoms with E-state index in [1.807, 2.05) is 0 Å². The predicted molar refractivity (Wildman–Crippen MR) is 88.8 cm³/mol. The molecular formula is C15H20N4O2S. The molecule has 2 N–H and O–H groups in total. The largest absolute Gasteiger partial charge is 0.497 e. The standard InChI is InChI=1S/C15H20N4O2S/c1-3-4-5-6-13-18-19-15(22-13)17-14(20)16-11-7-9-12(21-2)10-8-11/h7-10H,3-6H2,1-2H3,(H2,16,17,19,20). The van der Waals surface area contributed by atoms with Crippen molar-refractivity contribution in [2.45, 2.75) is 32.6 Å². The first kappa shape index (κ1) is 16.2. The van der Waals surface area contributed by atoms with Gasteiger partial charge < -0.3 is 10.1 Å². The highest BCUT2D eigenvalue weighted by Crippen LogP contribution is 2.19. The van der Waals surface area contributed by atoms with E-state index in [-0.39, 0.29) is 6.03 Å². The number of aryl methyl sites for hydroxylation is 1. The van der Waals surface area contributed by atoms with E-state index in [0.29, 0.717) is 10.8 Å². The summed E-state index contributed by atoms with van der Waals surface area (Å²) in [6.45, 7) is 2.16. The Morgan fingerprint density at radius 2 is 1.95 bits per heavy atom. The summed E-state index contributed by atoms with van der Waals surface area (Å²) in [6, 6.07) is 6.78. The number of aromatic nitrogens is 2. The minimum absolute atomic E-state index is 0.332. The molecule has 1 heterocycles. The number of carbonyl (C=O) groups excluding carboxylic acids is 1. The first-order chi connectivity index (χ1) is 10.7. The van der Waals surface area contributed by atoms with Gasteiger partial charge in [-0.15, -0.1) is 10.2 Å². The molecule has 6 nitrogen and oxygen atoms in total. The van der Waals surface area contributed by atoms with Gasteiger partial charge in [-0.3, -0.25) is 5.32 Å². The lowest BCUT2D eigenvalue weighted by atomic mass is 10.2. The monoisotopic (exact) mass is 320 g/mol. The average molecular weight is 320 g/mol. The Morgan fingerprint density at radius 1 is 1.18 bits per heavy atom. The zero-order valence-corrected chi connectivity index (χ0v) is 13.6. The molecule has 0 aliphatic carbocycles. The Labute approximate surface area is 133 Å². The van der Waals surface area contributed by atoms with Gasteiger partial charge in [-0.2, -0.15) is 0 Å². The maximum Gasteiger partial charge on any atom is 0.325 e. The molecule has 7 heteroatoms. The fourth-order valence-corrected chi connectivity index (χ4v) is 2.64. The highest BCUT2D eigenvalue weighted by molar-refractivity contribution is 7.15. The van der Waals surface area contributed by atoms with Crippen LogP contribution in [0.2, 0.25) is 0 Å². The number of hydrogen-bond donors (Lipinski definition) is 2. The number of unbranched alkanes of at least 4 members (excludes halogenated alkanes) is 2. The van der Waals surface area contributed by atoms with E-state index in [1.54, 1.807) is 31.4 Å². The van der Waals surface area contributed by atoms with E-state index in [1.165, 1.54) is 24.2 Å². The van der Waals surface area contributed by atoms with Crippen LogP contribution in [0.5, 0.6) is 5.75 Å². The van der Waals surface area contributed by atoms with E-state index >= 15 is 0 Å². The van der Waals surface area contributed by atoms with Crippen molar-refractivity contribution in [3.63, 3.8) is 0 Å². The van der Waals surface area contributed by atoms with Crippen molar-refractivity contribution in [1.29, 1.82) is 0 Å². The minimum atomic E-state index is -0.332. The van der Waals surface area contributed by atoms with Gasteiger partial charge in [-0.25, -0.2) is 4.79 Å². The summed E-state index contributed by atoms with van der Waals surface area (Å²) in [7, 11) is 1.60. The first-order valence-electron chi connectivity index (χ1n) is 7.25. The van der Waals surface area contributed by atoms with Crippen LogP contribution in [0.15, 0.2) is 24.3 Å². The van der Waals surface area contributed by atoms with E-state index < -0.39 is 0 Å². The molecule has 0 unspecified atom stereocenters. The normalized spacial score (nSPS) is 10.3. The predicted octanol–water partition coefficient (Wildman–Crippen LogP) is 3.92. The van der Waals surface area contributed by atoms with Gasteiger partial charge in [0.1, 0.15) is 10.8 Å². The van der Waals surface area contributed by atoms with Gasteiger partial charge in [0.2, 0.25) is 5.13 Å². The number of benzene rings is 1. The number of carbonyl (C=O) groups is 1. The second-order valence-corrected chi connectivity index (χ2v) is 5.83. The summed E-state index contributed by atoms with van der Waals surface area (Å²) in [5.41, 5.74) is 0.686. The van der Waals surface area contributed by atoms with Crippen molar-refractivity contribution >= 4 is 28.2 Å². The molecule has 0 aliphatic heterocycles. The smallest absolute Gasteiger partial charge is 0.325 e. The number of hydrogen-bond acceptors (Lipinski definition) is 5. The van der Waals surface area contributed by atoms with Crippen LogP contribution in [0.3, 0.4) is 0 Å². The third-order valence-electron chi connectivity index (χ3n) is 3.03. The summed E-state index contributed by atoms with van der Waals surface area (Å²) < 4.78 is 5.07. The van der Waals surface area contributed by atoms with E-state index in [2.05, 4.69) is 27.8 Å². The van der Waals surface area contributed by atoms with Crippen LogP contribution >= 0.6 is 11.3 Å². The average Bonchev–Trinajstić information content (AvgIpc) is 2.95. The summed E-state index contributed by atoms with van der Waals surface area (Å²) in [6.07, 6.45) is 4.37. The topological polar surface area (TPSA) is 76.1 Å². The zero-order valence-electron chi connectivity index (χ0n) is 12.8. The molecule has 2 aromatic rings. The lowest BCUT2D eigenvalue weighted by Gasteiger charge is -2.05. The molecule has 2 rings (SSSR count). The summed E-state index contributed by atoms with van der Waals surface area (Å²) in [5.74, 6) is 0.742. The van der Waals surface area contributed by atoms with Gasteiger partial charge in [0, 0.05) is 12.1 Å². The summed E-state index contributed by atoms with van der Waals surface area (Å²) in [4.78, 5) is 11.9. The van der Waals surface area contributed by atoms with Crippen molar-refractivity contribution < 1.29 is 9.53 Å². The number of ether oxygens (including phenoxy) is 1. The fraction of sp³-hybridized carbons (Fsp3) is 0.400. The number of rotatable bonds is 7. The van der Waals surface area contributed by atoms with Crippen LogP contribution in [0.1, 0.15) is 31.2 Å². The van der Waals surface area contributed by atoms with Crippen LogP contribution < -0.4 is 15.4 Å². The SMILES string of the molecule is CCCCCc1nnc(NC(=O)Nc2ccc(OC)cc2)s1. The molecule has 0 saturated heterocycles. The van der Waals surface area contributed by atoms with E-state index in [0.717, 1.165) is 23.6 Å². The first-order valence-corrected chi connectivity index (χ1v) is 8.07. The maximum absolute atomic E-state index is 11.9. The number of methoxy groups -OCH3 is 1. The van der Waals surface area contributed by atoms with Crippen molar-refractivity contribution in [1.82, 2.24) is 10.2 Å². The van der Waals surface area contributed by atoms with Crippen molar-refractivity contribution in [2.75, 3.05) is 17.7 Å². The quantitative estimate of drug-likeness (QED) is 0.758. The highest BCUT2D eigenvalue weighted by atomic mass is 32.1. The second-order valence-electron chi connectivity index (χ2n) is 4.77. The van der Waals surface area contributed by atoms with Crippen molar-refractivity contribution in [3.8, 4) is 5.75 Å². The molecule has 118 valence electrons. The number of amides is 2. The number of anilines is 2. The van der Waals surface area contributed by atoms with Crippen LogP contribution in [-0.2, 0) is 6.42 Å². The lowest BCUT2D eigenvalue weighted by molar-refractivity contribution is 0.262. The van der Waals surface area contributed by atoms with E-state index in [4.69, 9.17) is 4.74 Å². The minimum Gasteiger partial charge on any atom is -0.497 e. The molecule has 0 saturated carbocycles. The molecule has 0 fully saturated rings. The summed E-state index contributed by atoms with van der Waals surface area (Å²) in [5, 5.41) is 15.0. The molecule has 0 spiro atoms. The Kier molecular flexibility index (Phi) is 6.14. The number of urea groups is 1. The lowest BCUT2D eigenvalue weighted by Crippen LogP contribution is -2.19. The van der Waals surface area contributed by atoms with Crippen molar-refractivity contribution in [2.24, 2.45) is 0 Å². The third-order valence-corrected chi connectivity index (χ3v) is 3.93. The van der Waals surface area contributed by atoms with Gasteiger partial charge in [0.15, 0.2) is 0 Å². The Hall–Kier alpha value is -2.15. The number of nitrogens with zero attached hydrogens (tertiary/aromatic N) is 2. The van der Waals surface area contributed by atoms with Gasteiger partial charge in [0.05, 0.1) is 7.11 Å². The zero-order chi connectivity index (χ0) is 15.8. The molecule has 0 bridgehead atoms. The van der Waals surface area contributed by atoms with Gasteiger partial charge in [0.25, 0.3) is 0 Å². The Morgan fingerprint density at radius 3 is 2.64 bits per heavy atom. The second kappa shape index (κ2) is 8.33. The molecule has 0 aliphatic rings. The van der Waals surface area contributed by atoms with Crippen LogP contribution in [-0.4, -0.2) is 23.3 Å². The van der Waals surface area contributed by atoms with Gasteiger partial charge in [-0.05, 0) is 30.7 Å². The third kappa shape index (κ3) is 5.00. The fourth-order valence-electron chi connectivity index (χ4n) is 1.87. The summed E-state index contributed by atoms with van der Waals surface area (Å²) >= 11 is 1.41. The highest BCUT2D eigenvalue weighted by Gasteiger charge is 2.08.